The van der Waals surface area contributed by atoms with E-state index >= 15 is 0 Å². The van der Waals surface area contributed by atoms with E-state index in [9.17, 15) is 23.2 Å². The molecule has 10 heteroatoms. The van der Waals surface area contributed by atoms with Gasteiger partial charge in [0, 0.05) is 12.7 Å². The fourth-order valence-corrected chi connectivity index (χ4v) is 3.22. The highest BCUT2D eigenvalue weighted by atomic mass is 19.4. The van der Waals surface area contributed by atoms with Gasteiger partial charge >= 0.3 is 6.18 Å². The minimum Gasteiger partial charge on any atom is -0.443 e. The van der Waals surface area contributed by atoms with E-state index in [2.05, 4.69) is 9.97 Å². The first-order chi connectivity index (χ1) is 12.9. The van der Waals surface area contributed by atoms with Crippen molar-refractivity contribution in [2.45, 2.75) is 25.1 Å². The van der Waals surface area contributed by atoms with Gasteiger partial charge in [-0.15, -0.1) is 0 Å². The lowest BCUT2D eigenvalue weighted by Crippen LogP contribution is -2.35. The van der Waals surface area contributed by atoms with Crippen LogP contribution in [0.4, 0.5) is 13.2 Å². The largest absolute Gasteiger partial charge is 0.443 e. The highest BCUT2D eigenvalue weighted by Gasteiger charge is 2.35. The summed E-state index contributed by atoms with van der Waals surface area (Å²) < 4.78 is 46.3. The maximum absolute atomic E-state index is 13.4. The second-order valence-corrected chi connectivity index (χ2v) is 6.13. The van der Waals surface area contributed by atoms with Crippen molar-refractivity contribution in [3.8, 4) is 17.4 Å². The smallest absolute Gasteiger partial charge is 0.417 e. The van der Waals surface area contributed by atoms with Gasteiger partial charge in [-0.2, -0.15) is 18.4 Å². The van der Waals surface area contributed by atoms with Gasteiger partial charge in [0.25, 0.3) is 5.91 Å². The van der Waals surface area contributed by atoms with Crippen LogP contribution in [0.5, 0.6) is 0 Å². The molecule has 0 spiro atoms. The van der Waals surface area contributed by atoms with Crippen LogP contribution in [-0.4, -0.2) is 37.8 Å². The number of nitrogens with zero attached hydrogens (tertiary/aromatic N) is 5. The number of amides is 1. The number of likely N-dealkylation sites (tertiary alicyclic amines) is 1. The van der Waals surface area contributed by atoms with Crippen LogP contribution in [0.3, 0.4) is 0 Å². The second kappa shape index (κ2) is 6.12. The minimum absolute atomic E-state index is 0.0426. The number of imidazole rings is 1. The molecule has 4 heterocycles. The van der Waals surface area contributed by atoms with E-state index in [1.807, 2.05) is 6.07 Å². The summed E-state index contributed by atoms with van der Waals surface area (Å²) in [6, 6.07) is 2.36. The van der Waals surface area contributed by atoms with E-state index in [1.54, 1.807) is 0 Å². The lowest BCUT2D eigenvalue weighted by Gasteiger charge is -2.19. The molecule has 7 nitrogen and oxygen atoms in total. The molecule has 1 fully saturated rings. The van der Waals surface area contributed by atoms with E-state index in [0.29, 0.717) is 19.4 Å². The maximum atomic E-state index is 13.4. The number of hydrogen-bond donors (Lipinski definition) is 0. The van der Waals surface area contributed by atoms with Crippen LogP contribution in [0.2, 0.25) is 0 Å². The third kappa shape index (κ3) is 2.81. The molecule has 3 aromatic heterocycles. The van der Waals surface area contributed by atoms with Gasteiger partial charge in [0.1, 0.15) is 17.4 Å². The molecule has 27 heavy (non-hydrogen) atoms. The van der Waals surface area contributed by atoms with Crippen molar-refractivity contribution < 1.29 is 22.4 Å². The van der Waals surface area contributed by atoms with Gasteiger partial charge in [-0.3, -0.25) is 9.20 Å². The van der Waals surface area contributed by atoms with Gasteiger partial charge in [-0.25, -0.2) is 9.97 Å². The molecule has 1 amide bonds. The molecule has 1 saturated heterocycles. The number of halogens is 3. The quantitative estimate of drug-likeness (QED) is 0.687. The molecule has 1 aliphatic rings. The van der Waals surface area contributed by atoms with Crippen LogP contribution < -0.4 is 0 Å². The molecule has 0 unspecified atom stereocenters. The summed E-state index contributed by atoms with van der Waals surface area (Å²) >= 11 is 0. The zero-order valence-corrected chi connectivity index (χ0v) is 13.8. The fraction of sp³-hybridized carbons (Fsp3) is 0.294. The van der Waals surface area contributed by atoms with Crippen molar-refractivity contribution in [1.82, 2.24) is 19.3 Å². The van der Waals surface area contributed by atoms with Crippen LogP contribution in [0.15, 0.2) is 35.5 Å². The van der Waals surface area contributed by atoms with E-state index in [4.69, 9.17) is 4.42 Å². The van der Waals surface area contributed by atoms with Gasteiger partial charge < -0.3 is 9.32 Å². The number of hydrogen-bond acceptors (Lipinski definition) is 5. The van der Waals surface area contributed by atoms with Crippen molar-refractivity contribution in [2.24, 2.45) is 0 Å². The Morgan fingerprint density at radius 3 is 2.85 bits per heavy atom. The first-order valence-electron chi connectivity index (χ1n) is 8.08. The number of oxazole rings is 1. The lowest BCUT2D eigenvalue weighted by atomic mass is 10.1. The SMILES string of the molecule is N#C[C@H]1CCCN1C(=O)c1cnc2c(-c3cnco3)cc(C(F)(F)F)cn12. The van der Waals surface area contributed by atoms with E-state index in [-0.39, 0.29) is 22.7 Å². The van der Waals surface area contributed by atoms with Gasteiger partial charge in [0.2, 0.25) is 0 Å². The summed E-state index contributed by atoms with van der Waals surface area (Å²) in [6.45, 7) is 0.373. The van der Waals surface area contributed by atoms with E-state index < -0.39 is 23.7 Å². The predicted octanol–water partition coefficient (Wildman–Crippen LogP) is 3.14. The number of nitriles is 1. The zero-order chi connectivity index (χ0) is 19.2. The Bertz CT molecular complexity index is 1050. The summed E-state index contributed by atoms with van der Waals surface area (Å²) in [5.74, 6) is -0.429. The molecular weight excluding hydrogens is 363 g/mol. The molecule has 0 saturated carbocycles. The second-order valence-electron chi connectivity index (χ2n) is 6.13. The number of fused-ring (bicyclic) bond motifs is 1. The molecule has 1 aliphatic heterocycles. The highest BCUT2D eigenvalue weighted by molar-refractivity contribution is 5.95. The Hall–Kier alpha value is -3.35. The fourth-order valence-electron chi connectivity index (χ4n) is 3.22. The molecule has 0 aromatic carbocycles. The molecule has 3 aromatic rings. The van der Waals surface area contributed by atoms with Gasteiger partial charge in [-0.1, -0.05) is 0 Å². The zero-order valence-electron chi connectivity index (χ0n) is 13.8. The topological polar surface area (TPSA) is 87.4 Å². The standard InChI is InChI=1S/C17H12F3N5O2/c18-17(19,20)10-4-12(14-7-22-9-27-14)15-23-6-13(25(15)8-10)16(26)24-3-1-2-11(24)5-21/h4,6-9,11H,1-3H2/t11-/m1/s1. The van der Waals surface area contributed by atoms with E-state index in [1.165, 1.54) is 17.3 Å². The molecule has 0 radical (unpaired) electrons. The third-order valence-corrected chi connectivity index (χ3v) is 4.51. The summed E-state index contributed by atoms with van der Waals surface area (Å²) in [4.78, 5) is 22.1. The maximum Gasteiger partial charge on any atom is 0.417 e. The van der Waals surface area contributed by atoms with Crippen LogP contribution in [0, 0.1) is 11.3 Å². The van der Waals surface area contributed by atoms with Crippen LogP contribution in [0.1, 0.15) is 28.9 Å². The highest BCUT2D eigenvalue weighted by Crippen LogP contribution is 2.34. The number of carbonyl (C=O) groups excluding carboxylic acids is 1. The number of rotatable bonds is 2. The third-order valence-electron chi connectivity index (χ3n) is 4.51. The monoisotopic (exact) mass is 375 g/mol. The minimum atomic E-state index is -4.63. The van der Waals surface area contributed by atoms with Crippen molar-refractivity contribution in [3.05, 3.63) is 42.3 Å². The normalized spacial score (nSPS) is 17.4. The molecular formula is C17H12F3N5O2. The molecule has 138 valence electrons. The van der Waals surface area contributed by atoms with Crippen molar-refractivity contribution in [3.63, 3.8) is 0 Å². The summed E-state index contributed by atoms with van der Waals surface area (Å²) in [6.07, 6.45) is 0.988. The average Bonchev–Trinajstić information content (AvgIpc) is 3.38. The molecule has 4 rings (SSSR count). The number of aromatic nitrogens is 3. The first-order valence-corrected chi connectivity index (χ1v) is 8.08. The summed E-state index contributed by atoms with van der Waals surface area (Å²) in [5, 5.41) is 9.18. The molecule has 0 N–H and O–H groups in total. The Morgan fingerprint density at radius 2 is 2.19 bits per heavy atom. The van der Waals surface area contributed by atoms with Crippen LogP contribution in [0.25, 0.3) is 17.0 Å². The Labute approximate surface area is 150 Å². The molecule has 0 bridgehead atoms. The predicted molar refractivity (Wildman–Crippen MR) is 85.4 cm³/mol. The molecule has 0 aliphatic carbocycles. The Balaban J connectivity index is 1.90. The van der Waals surface area contributed by atoms with Crippen molar-refractivity contribution >= 4 is 11.6 Å². The van der Waals surface area contributed by atoms with Gasteiger partial charge in [-0.05, 0) is 18.9 Å². The first kappa shape index (κ1) is 17.1. The summed E-state index contributed by atoms with van der Waals surface area (Å²) in [5.41, 5.74) is -0.791. The van der Waals surface area contributed by atoms with Crippen molar-refractivity contribution in [2.75, 3.05) is 6.54 Å². The average molecular weight is 375 g/mol. The van der Waals surface area contributed by atoms with Crippen LogP contribution >= 0.6 is 0 Å². The number of pyridine rings is 1. The van der Waals surface area contributed by atoms with Gasteiger partial charge in [0.05, 0.1) is 29.6 Å². The lowest BCUT2D eigenvalue weighted by molar-refractivity contribution is -0.137. The summed E-state index contributed by atoms with van der Waals surface area (Å²) in [7, 11) is 0. The number of alkyl halides is 3. The van der Waals surface area contributed by atoms with Gasteiger partial charge in [0.15, 0.2) is 12.2 Å². The Kier molecular flexibility index (Phi) is 3.87. The number of carbonyl (C=O) groups is 1. The van der Waals surface area contributed by atoms with Crippen molar-refractivity contribution in [1.29, 1.82) is 5.26 Å². The van der Waals surface area contributed by atoms with Crippen LogP contribution in [-0.2, 0) is 6.18 Å². The van der Waals surface area contributed by atoms with E-state index in [0.717, 1.165) is 23.1 Å². The Morgan fingerprint density at radius 1 is 1.37 bits per heavy atom. The molecule has 1 atom stereocenters.